The van der Waals surface area contributed by atoms with Crippen LogP contribution in [-0.2, 0) is 13.3 Å². The monoisotopic (exact) mass is 391 g/mol. The summed E-state index contributed by atoms with van der Waals surface area (Å²) >= 11 is 11.8. The van der Waals surface area contributed by atoms with Crippen LogP contribution in [0.2, 0.25) is 5.02 Å². The summed E-state index contributed by atoms with van der Waals surface area (Å²) in [6, 6.07) is 10.0. The molecule has 0 radical (unpaired) electrons. The first-order chi connectivity index (χ1) is 12.6. The molecule has 1 aromatic heterocycles. The summed E-state index contributed by atoms with van der Waals surface area (Å²) in [6.45, 7) is 4.51. The maximum atomic E-state index is 8.81. The predicted octanol–water partition coefficient (Wildman–Crippen LogP) is 4.17. The largest absolute Gasteiger partial charge is 0.484 e. The molecule has 0 amide bonds. The number of rotatable bonds is 9. The van der Waals surface area contributed by atoms with Gasteiger partial charge in [-0.25, -0.2) is 4.68 Å². The Bertz CT molecular complexity index is 852. The number of ether oxygens (including phenoxy) is 1. The van der Waals surface area contributed by atoms with Crippen molar-refractivity contribution in [3.8, 4) is 11.8 Å². The molecule has 0 spiro atoms. The lowest BCUT2D eigenvalue weighted by atomic mass is 10.3. The fraction of sp³-hybridized carbons (Fsp3) is 0.500. The Morgan fingerprint density at radius 2 is 2.19 bits per heavy atom. The van der Waals surface area contributed by atoms with E-state index in [2.05, 4.69) is 22.5 Å². The molecule has 26 heavy (non-hydrogen) atoms. The zero-order valence-corrected chi connectivity index (χ0v) is 16.3. The van der Waals surface area contributed by atoms with Crippen LogP contribution in [-0.4, -0.2) is 32.3 Å². The number of para-hydroxylation sites is 1. The smallest absolute Gasteiger partial charge is 0.199 e. The van der Waals surface area contributed by atoms with Gasteiger partial charge in [-0.1, -0.05) is 30.7 Å². The van der Waals surface area contributed by atoms with E-state index in [-0.39, 0.29) is 0 Å². The average Bonchev–Trinajstić information content (AvgIpc) is 3.43. The van der Waals surface area contributed by atoms with Gasteiger partial charge in [-0.15, -0.1) is 0 Å². The highest BCUT2D eigenvalue weighted by molar-refractivity contribution is 7.71. The summed E-state index contributed by atoms with van der Waals surface area (Å²) in [5.41, 5.74) is 0. The minimum absolute atomic E-state index is 0.321. The molecular weight excluding hydrogens is 370 g/mol. The number of nitrogens with zero attached hydrogens (tertiary/aromatic N) is 5. The molecule has 0 aliphatic heterocycles. The van der Waals surface area contributed by atoms with Crippen molar-refractivity contribution in [2.45, 2.75) is 45.5 Å². The van der Waals surface area contributed by atoms with Gasteiger partial charge < -0.3 is 4.74 Å². The Hall–Kier alpha value is -1.88. The third kappa shape index (κ3) is 4.44. The molecule has 1 heterocycles. The van der Waals surface area contributed by atoms with Crippen molar-refractivity contribution >= 4 is 23.8 Å². The molecule has 1 aromatic carbocycles. The quantitative estimate of drug-likeness (QED) is 0.600. The summed E-state index contributed by atoms with van der Waals surface area (Å²) in [5, 5.41) is 14.1. The number of benzene rings is 1. The minimum Gasteiger partial charge on any atom is -0.484 e. The van der Waals surface area contributed by atoms with Gasteiger partial charge in [0.2, 0.25) is 0 Å². The zero-order chi connectivity index (χ0) is 18.5. The van der Waals surface area contributed by atoms with Crippen molar-refractivity contribution in [2.24, 2.45) is 0 Å². The van der Waals surface area contributed by atoms with E-state index in [0.717, 1.165) is 25.2 Å². The first kappa shape index (κ1) is 18.9. The second-order valence-corrected chi connectivity index (χ2v) is 7.05. The summed E-state index contributed by atoms with van der Waals surface area (Å²) < 4.78 is 10.5. The van der Waals surface area contributed by atoms with E-state index >= 15 is 0 Å². The Morgan fingerprint density at radius 1 is 1.42 bits per heavy atom. The van der Waals surface area contributed by atoms with E-state index in [1.807, 2.05) is 22.9 Å². The molecule has 3 rings (SSSR count). The van der Waals surface area contributed by atoms with E-state index in [1.165, 1.54) is 0 Å². The van der Waals surface area contributed by atoms with Crippen LogP contribution < -0.4 is 4.74 Å². The van der Waals surface area contributed by atoms with E-state index in [1.54, 1.807) is 6.07 Å². The molecule has 6 nitrogen and oxygen atoms in total. The standard InChI is InChI=1S/C18H22ClN5OS/c1-2-22(11-5-10-20)13-23-18(26)24(14-8-9-14)17(21-23)12-25-16-7-4-3-6-15(16)19/h3-4,6-7,14H,2,5,8-9,11-13H2,1H3. The lowest BCUT2D eigenvalue weighted by Crippen LogP contribution is -2.28. The fourth-order valence-electron chi connectivity index (χ4n) is 2.79. The third-order valence-corrected chi connectivity index (χ3v) is 5.09. The van der Waals surface area contributed by atoms with Gasteiger partial charge in [-0.3, -0.25) is 9.47 Å². The van der Waals surface area contributed by atoms with Gasteiger partial charge in [0.15, 0.2) is 10.6 Å². The molecule has 0 N–H and O–H groups in total. The third-order valence-electron chi connectivity index (χ3n) is 4.37. The van der Waals surface area contributed by atoms with Gasteiger partial charge in [0.05, 0.1) is 17.8 Å². The van der Waals surface area contributed by atoms with Crippen LogP contribution in [0.15, 0.2) is 24.3 Å². The number of halogens is 1. The lowest BCUT2D eigenvalue weighted by molar-refractivity contribution is 0.218. The van der Waals surface area contributed by atoms with Gasteiger partial charge in [0.1, 0.15) is 12.4 Å². The topological polar surface area (TPSA) is 59.0 Å². The summed E-state index contributed by atoms with van der Waals surface area (Å²) in [6.07, 6.45) is 2.73. The highest BCUT2D eigenvalue weighted by atomic mass is 35.5. The highest BCUT2D eigenvalue weighted by Gasteiger charge is 2.29. The van der Waals surface area contributed by atoms with E-state index in [9.17, 15) is 0 Å². The maximum Gasteiger partial charge on any atom is 0.199 e. The molecule has 138 valence electrons. The Kier molecular flexibility index (Phi) is 6.30. The van der Waals surface area contributed by atoms with E-state index in [0.29, 0.717) is 47.8 Å². The molecule has 8 heteroatoms. The van der Waals surface area contributed by atoms with Crippen molar-refractivity contribution < 1.29 is 4.74 Å². The van der Waals surface area contributed by atoms with E-state index < -0.39 is 0 Å². The van der Waals surface area contributed by atoms with Crippen LogP contribution in [0.5, 0.6) is 5.75 Å². The van der Waals surface area contributed by atoms with Gasteiger partial charge in [0, 0.05) is 19.0 Å². The summed E-state index contributed by atoms with van der Waals surface area (Å²) in [5.74, 6) is 1.45. The van der Waals surface area contributed by atoms with Gasteiger partial charge in [0.25, 0.3) is 0 Å². The molecular formula is C18H22ClN5OS. The Morgan fingerprint density at radius 3 is 2.85 bits per heavy atom. The number of aromatic nitrogens is 3. The van der Waals surface area contributed by atoms with Crippen LogP contribution >= 0.6 is 23.8 Å². The van der Waals surface area contributed by atoms with E-state index in [4.69, 9.17) is 38.9 Å². The van der Waals surface area contributed by atoms with Crippen LogP contribution in [0, 0.1) is 16.1 Å². The number of hydrogen-bond donors (Lipinski definition) is 0. The molecule has 0 atom stereocenters. The Balaban J connectivity index is 1.78. The van der Waals surface area contributed by atoms with Gasteiger partial charge in [-0.05, 0) is 43.7 Å². The van der Waals surface area contributed by atoms with Crippen LogP contribution in [0.25, 0.3) is 0 Å². The molecule has 2 aromatic rings. The fourth-order valence-corrected chi connectivity index (χ4v) is 3.33. The molecule has 0 bridgehead atoms. The van der Waals surface area contributed by atoms with Crippen molar-refractivity contribution in [3.05, 3.63) is 39.9 Å². The first-order valence-electron chi connectivity index (χ1n) is 8.79. The predicted molar refractivity (Wildman–Crippen MR) is 103 cm³/mol. The molecule has 1 aliphatic rings. The normalized spacial score (nSPS) is 13.8. The van der Waals surface area contributed by atoms with Crippen LogP contribution in [0.1, 0.15) is 38.1 Å². The second-order valence-electron chi connectivity index (χ2n) is 6.28. The molecule has 0 saturated heterocycles. The number of hydrogen-bond acceptors (Lipinski definition) is 5. The van der Waals surface area contributed by atoms with Gasteiger partial charge in [-0.2, -0.15) is 10.4 Å². The summed E-state index contributed by atoms with van der Waals surface area (Å²) in [4.78, 5) is 2.15. The van der Waals surface area contributed by atoms with Gasteiger partial charge >= 0.3 is 0 Å². The molecule has 0 unspecified atom stereocenters. The van der Waals surface area contributed by atoms with Crippen molar-refractivity contribution in [2.75, 3.05) is 13.1 Å². The van der Waals surface area contributed by atoms with Crippen LogP contribution in [0.4, 0.5) is 0 Å². The lowest BCUT2D eigenvalue weighted by Gasteiger charge is -2.18. The minimum atomic E-state index is 0.321. The maximum absolute atomic E-state index is 8.81. The second kappa shape index (κ2) is 8.67. The van der Waals surface area contributed by atoms with Crippen molar-refractivity contribution in [1.82, 2.24) is 19.2 Å². The molecule has 1 aliphatic carbocycles. The average molecular weight is 392 g/mol. The first-order valence-corrected chi connectivity index (χ1v) is 9.57. The highest BCUT2D eigenvalue weighted by Crippen LogP contribution is 2.36. The molecule has 1 saturated carbocycles. The SMILES string of the molecule is CCN(CCC#N)Cn1nc(COc2ccccc2Cl)n(C2CC2)c1=S. The number of nitriles is 1. The summed E-state index contributed by atoms with van der Waals surface area (Å²) in [7, 11) is 0. The Labute approximate surface area is 163 Å². The molecule has 1 fully saturated rings. The van der Waals surface area contributed by atoms with Crippen molar-refractivity contribution in [3.63, 3.8) is 0 Å². The van der Waals surface area contributed by atoms with Crippen molar-refractivity contribution in [1.29, 1.82) is 5.26 Å². The van der Waals surface area contributed by atoms with Crippen LogP contribution in [0.3, 0.4) is 0 Å². The zero-order valence-electron chi connectivity index (χ0n) is 14.8.